The number of pyridine rings is 1. The van der Waals surface area contributed by atoms with Crippen molar-refractivity contribution in [2.24, 2.45) is 0 Å². The molecule has 3 N–H and O–H groups in total. The third-order valence-electron chi connectivity index (χ3n) is 6.02. The van der Waals surface area contributed by atoms with Crippen LogP contribution in [0, 0.1) is 0 Å². The third kappa shape index (κ3) is 5.02. The maximum absolute atomic E-state index is 14.8. The molecule has 0 saturated carbocycles. The predicted molar refractivity (Wildman–Crippen MR) is 133 cm³/mol. The fraction of sp³-hybridized carbons (Fsp3) is 0.318. The van der Waals surface area contributed by atoms with Crippen molar-refractivity contribution in [3.8, 4) is 17.1 Å². The van der Waals surface area contributed by atoms with Crippen molar-refractivity contribution in [1.82, 2.24) is 34.8 Å². The Kier molecular flexibility index (Phi) is 6.96. The van der Waals surface area contributed by atoms with Gasteiger partial charge < -0.3 is 15.8 Å². The Morgan fingerprint density at radius 2 is 2.05 bits per heavy atom. The number of thiazole rings is 1. The van der Waals surface area contributed by atoms with Crippen LogP contribution in [0.1, 0.15) is 20.8 Å². The SMILES string of the molecule is COc1ncc(-c2cc(C(F)(F)F)c3c(N)ncnn23)cc1C(=O)NC1CN(Cc2cnc(Br)s2)CC1F. The van der Waals surface area contributed by atoms with Crippen LogP contribution < -0.4 is 15.8 Å². The summed E-state index contributed by atoms with van der Waals surface area (Å²) in [5.74, 6) is -1.11. The van der Waals surface area contributed by atoms with Crippen molar-refractivity contribution in [2.75, 3.05) is 25.9 Å². The van der Waals surface area contributed by atoms with Crippen LogP contribution in [-0.4, -0.2) is 67.8 Å². The highest BCUT2D eigenvalue weighted by Crippen LogP contribution is 2.39. The molecule has 4 aromatic rings. The summed E-state index contributed by atoms with van der Waals surface area (Å²) >= 11 is 4.73. The lowest BCUT2D eigenvalue weighted by atomic mass is 10.1. The predicted octanol–water partition coefficient (Wildman–Crippen LogP) is 3.57. The first-order chi connectivity index (χ1) is 18.0. The first kappa shape index (κ1) is 26.2. The van der Waals surface area contributed by atoms with E-state index in [2.05, 4.69) is 41.3 Å². The molecule has 0 aromatic carbocycles. The van der Waals surface area contributed by atoms with E-state index in [1.54, 1.807) is 6.20 Å². The van der Waals surface area contributed by atoms with E-state index in [1.807, 2.05) is 4.90 Å². The number of nitrogens with one attached hydrogen (secondary N) is 1. The first-order valence-corrected chi connectivity index (χ1v) is 12.7. The smallest absolute Gasteiger partial charge is 0.418 e. The summed E-state index contributed by atoms with van der Waals surface area (Å²) in [6, 6.07) is 1.36. The van der Waals surface area contributed by atoms with Crippen molar-refractivity contribution < 1.29 is 27.1 Å². The first-order valence-electron chi connectivity index (χ1n) is 11.1. The Bertz CT molecular complexity index is 1510. The van der Waals surface area contributed by atoms with Crippen molar-refractivity contribution in [3.05, 3.63) is 50.8 Å². The number of rotatable bonds is 6. The van der Waals surface area contributed by atoms with Gasteiger partial charge in [-0.1, -0.05) is 0 Å². The number of ether oxygens (including phenoxy) is 1. The van der Waals surface area contributed by atoms with Crippen molar-refractivity contribution in [2.45, 2.75) is 24.9 Å². The average molecular weight is 615 g/mol. The van der Waals surface area contributed by atoms with Gasteiger partial charge in [0.1, 0.15) is 23.6 Å². The van der Waals surface area contributed by atoms with Crippen LogP contribution in [0.3, 0.4) is 0 Å². The van der Waals surface area contributed by atoms with Gasteiger partial charge in [0.05, 0.1) is 24.4 Å². The van der Waals surface area contributed by atoms with Crippen LogP contribution in [0.15, 0.2) is 34.8 Å². The minimum Gasteiger partial charge on any atom is -0.480 e. The number of aromatic nitrogens is 5. The number of hydrogen-bond donors (Lipinski definition) is 2. The largest absolute Gasteiger partial charge is 0.480 e. The summed E-state index contributed by atoms with van der Waals surface area (Å²) < 4.78 is 62.9. The fourth-order valence-corrected chi connectivity index (χ4v) is 5.74. The van der Waals surface area contributed by atoms with E-state index in [4.69, 9.17) is 10.5 Å². The minimum absolute atomic E-state index is 0.0169. The third-order valence-corrected chi connectivity index (χ3v) is 7.48. The van der Waals surface area contributed by atoms with Gasteiger partial charge in [-0.15, -0.1) is 11.3 Å². The molecule has 16 heteroatoms. The number of amides is 1. The molecule has 4 aromatic heterocycles. The number of likely N-dealkylation sites (tertiary alicyclic amines) is 1. The number of fused-ring (bicyclic) bond motifs is 1. The Hall–Kier alpha value is -3.37. The van der Waals surface area contributed by atoms with Gasteiger partial charge >= 0.3 is 6.18 Å². The summed E-state index contributed by atoms with van der Waals surface area (Å²) in [7, 11) is 1.30. The van der Waals surface area contributed by atoms with E-state index < -0.39 is 35.4 Å². The highest BCUT2D eigenvalue weighted by atomic mass is 79.9. The lowest BCUT2D eigenvalue weighted by Crippen LogP contribution is -2.41. The van der Waals surface area contributed by atoms with E-state index in [9.17, 15) is 22.4 Å². The number of alkyl halides is 4. The molecular weight excluding hydrogens is 596 g/mol. The number of nitrogens with two attached hydrogens (primary N) is 1. The van der Waals surface area contributed by atoms with Crippen LogP contribution in [0.25, 0.3) is 16.8 Å². The normalized spacial score (nSPS) is 18.3. The van der Waals surface area contributed by atoms with Gasteiger partial charge in [0.25, 0.3) is 5.91 Å². The molecule has 10 nitrogen and oxygen atoms in total. The maximum Gasteiger partial charge on any atom is 0.418 e. The molecule has 0 radical (unpaired) electrons. The van der Waals surface area contributed by atoms with E-state index in [-0.39, 0.29) is 41.6 Å². The maximum atomic E-state index is 14.8. The summed E-state index contributed by atoms with van der Waals surface area (Å²) in [4.78, 5) is 27.9. The zero-order valence-corrected chi connectivity index (χ0v) is 21.9. The lowest BCUT2D eigenvalue weighted by Gasteiger charge is -2.17. The van der Waals surface area contributed by atoms with Gasteiger partial charge in [-0.3, -0.25) is 9.69 Å². The van der Waals surface area contributed by atoms with Crippen molar-refractivity contribution in [3.63, 3.8) is 0 Å². The van der Waals surface area contributed by atoms with Crippen LogP contribution in [0.5, 0.6) is 5.88 Å². The van der Waals surface area contributed by atoms with Crippen LogP contribution in [0.2, 0.25) is 0 Å². The van der Waals surface area contributed by atoms with Crippen LogP contribution in [0.4, 0.5) is 23.4 Å². The summed E-state index contributed by atoms with van der Waals surface area (Å²) in [6.45, 7) is 0.851. The zero-order chi connectivity index (χ0) is 27.2. The molecular formula is C22H19BrF4N8O2S. The molecule has 1 fully saturated rings. The van der Waals surface area contributed by atoms with E-state index >= 15 is 0 Å². The molecule has 5 heterocycles. The molecule has 2 atom stereocenters. The lowest BCUT2D eigenvalue weighted by molar-refractivity contribution is -0.136. The van der Waals surface area contributed by atoms with Gasteiger partial charge in [0, 0.05) is 42.5 Å². The second-order valence-corrected chi connectivity index (χ2v) is 10.9. The second-order valence-electron chi connectivity index (χ2n) is 8.50. The summed E-state index contributed by atoms with van der Waals surface area (Å²) in [5, 5.41) is 6.58. The number of carbonyl (C=O) groups is 1. The monoisotopic (exact) mass is 614 g/mol. The fourth-order valence-electron chi connectivity index (χ4n) is 4.34. The number of carbonyl (C=O) groups excluding carboxylic acids is 1. The Labute approximate surface area is 225 Å². The Balaban J connectivity index is 1.43. The van der Waals surface area contributed by atoms with Crippen molar-refractivity contribution >= 4 is 44.5 Å². The van der Waals surface area contributed by atoms with E-state index in [0.717, 1.165) is 25.7 Å². The highest BCUT2D eigenvalue weighted by Gasteiger charge is 2.37. The molecule has 38 heavy (non-hydrogen) atoms. The molecule has 0 bridgehead atoms. The van der Waals surface area contributed by atoms with Crippen molar-refractivity contribution in [1.29, 1.82) is 0 Å². The molecule has 0 aliphatic carbocycles. The second kappa shape index (κ2) is 10.1. The number of halogens is 5. The van der Waals surface area contributed by atoms with Crippen LogP contribution >= 0.6 is 27.3 Å². The molecule has 1 aliphatic heterocycles. The Morgan fingerprint density at radius 3 is 2.74 bits per heavy atom. The van der Waals surface area contributed by atoms with Gasteiger partial charge in [-0.05, 0) is 28.1 Å². The van der Waals surface area contributed by atoms with Gasteiger partial charge in [0.15, 0.2) is 9.73 Å². The molecule has 1 amide bonds. The number of nitrogens with zero attached hydrogens (tertiary/aromatic N) is 6. The number of hydrogen-bond acceptors (Lipinski definition) is 9. The molecule has 200 valence electrons. The molecule has 0 spiro atoms. The average Bonchev–Trinajstić information content (AvgIpc) is 3.56. The number of anilines is 1. The molecule has 1 aliphatic rings. The van der Waals surface area contributed by atoms with E-state index in [1.165, 1.54) is 30.7 Å². The van der Waals surface area contributed by atoms with Gasteiger partial charge in [-0.25, -0.2) is 23.9 Å². The molecule has 2 unspecified atom stereocenters. The topological polar surface area (TPSA) is 124 Å². The number of methoxy groups -OCH3 is 1. The molecule has 1 saturated heterocycles. The van der Waals surface area contributed by atoms with Gasteiger partial charge in [0.2, 0.25) is 5.88 Å². The van der Waals surface area contributed by atoms with Crippen LogP contribution in [-0.2, 0) is 12.7 Å². The quantitative estimate of drug-likeness (QED) is 0.316. The Morgan fingerprint density at radius 1 is 1.26 bits per heavy atom. The van der Waals surface area contributed by atoms with Gasteiger partial charge in [-0.2, -0.15) is 18.3 Å². The summed E-state index contributed by atoms with van der Waals surface area (Å²) in [5.41, 5.74) is 4.31. The molecule has 5 rings (SSSR count). The standard InChI is InChI=1S/C22H19BrF4N8O2S/c1-37-20-12(19(36)33-15-8-34(7-14(15)24)6-11-5-30-21(23)38-11)2-10(4-29-20)16-3-13(22(25,26)27)17-18(28)31-9-32-35(16)17/h2-5,9,14-15H,6-8H2,1H3,(H,33,36)(H2,28,31,32). The zero-order valence-electron chi connectivity index (χ0n) is 19.5. The van der Waals surface area contributed by atoms with E-state index in [0.29, 0.717) is 6.54 Å². The minimum atomic E-state index is -4.73. The summed E-state index contributed by atoms with van der Waals surface area (Å²) in [6.07, 6.45) is -2.10. The number of nitrogen functional groups attached to an aromatic ring is 1. The highest BCUT2D eigenvalue weighted by molar-refractivity contribution is 9.11.